The quantitative estimate of drug-likeness (QED) is 0.375. The van der Waals surface area contributed by atoms with Crippen LogP contribution < -0.4 is 10.4 Å². The zero-order valence-corrected chi connectivity index (χ0v) is 21.3. The van der Waals surface area contributed by atoms with E-state index in [9.17, 15) is 32.7 Å². The second-order valence-electron chi connectivity index (χ2n) is 9.13. The molecule has 0 aliphatic rings. The fraction of sp³-hybridized carbons (Fsp3) is 0.385. The van der Waals surface area contributed by atoms with Gasteiger partial charge in [-0.25, -0.2) is 19.1 Å². The van der Waals surface area contributed by atoms with Gasteiger partial charge in [-0.2, -0.15) is 18.3 Å². The van der Waals surface area contributed by atoms with Crippen LogP contribution >= 0.6 is 0 Å². The van der Waals surface area contributed by atoms with Gasteiger partial charge < -0.3 is 14.6 Å². The summed E-state index contributed by atoms with van der Waals surface area (Å²) in [6, 6.07) is 10.2. The molecule has 0 aliphatic carbocycles. The summed E-state index contributed by atoms with van der Waals surface area (Å²) in [7, 11) is 0. The molecular formula is C26H28F3N3O6. The van der Waals surface area contributed by atoms with Crippen LogP contribution in [0.1, 0.15) is 67.5 Å². The molecule has 1 atom stereocenters. The van der Waals surface area contributed by atoms with E-state index in [2.05, 4.69) is 5.10 Å². The Bertz CT molecular complexity index is 1340. The number of hydrogen-bond donors (Lipinski definition) is 1. The summed E-state index contributed by atoms with van der Waals surface area (Å²) in [4.78, 5) is 36.9. The molecule has 204 valence electrons. The number of alkyl halides is 3. The second-order valence-corrected chi connectivity index (χ2v) is 9.13. The average Bonchev–Trinajstić information content (AvgIpc) is 3.14. The molecule has 12 heteroatoms. The molecule has 0 spiro atoms. The highest BCUT2D eigenvalue weighted by Gasteiger charge is 2.31. The van der Waals surface area contributed by atoms with E-state index in [1.807, 2.05) is 6.92 Å². The number of aromatic nitrogens is 3. The first-order valence-electron chi connectivity index (χ1n) is 11.8. The van der Waals surface area contributed by atoms with Gasteiger partial charge in [0.2, 0.25) is 0 Å². The molecule has 9 nitrogen and oxygen atoms in total. The fourth-order valence-electron chi connectivity index (χ4n) is 3.55. The summed E-state index contributed by atoms with van der Waals surface area (Å²) < 4.78 is 52.0. The fourth-order valence-corrected chi connectivity index (χ4v) is 3.55. The predicted octanol–water partition coefficient (Wildman–Crippen LogP) is 4.68. The second kappa shape index (κ2) is 11.1. The number of benzene rings is 2. The summed E-state index contributed by atoms with van der Waals surface area (Å²) in [5, 5.41) is 13.5. The standard InChI is InChI=1S/C26H28F3N3O6/c1-5-14-31-21(30-32(24(31)36)15-17-6-10-19(11-7-17)26(27,28)29)16(2)37-22(33)18-8-12-20(13-9-18)38-25(3,4)23(34)35/h6-13,16H,5,14-15H2,1-4H3,(H,34,35)/t16-/m1/s1. The zero-order valence-electron chi connectivity index (χ0n) is 21.3. The largest absolute Gasteiger partial charge is 0.478 e. The lowest BCUT2D eigenvalue weighted by molar-refractivity contribution is -0.152. The van der Waals surface area contributed by atoms with Gasteiger partial charge in [0.05, 0.1) is 17.7 Å². The lowest BCUT2D eigenvalue weighted by atomic mass is 10.1. The maximum Gasteiger partial charge on any atom is 0.416 e. The van der Waals surface area contributed by atoms with E-state index in [0.717, 1.165) is 16.8 Å². The minimum Gasteiger partial charge on any atom is -0.478 e. The van der Waals surface area contributed by atoms with Crippen LogP contribution in [-0.4, -0.2) is 37.0 Å². The Morgan fingerprint density at radius 2 is 1.66 bits per heavy atom. The first-order chi connectivity index (χ1) is 17.7. The van der Waals surface area contributed by atoms with Crippen molar-refractivity contribution in [2.24, 2.45) is 0 Å². The maximum absolute atomic E-state index is 13.0. The monoisotopic (exact) mass is 535 g/mol. The number of aliphatic carboxylic acids is 1. The number of rotatable bonds is 10. The maximum atomic E-state index is 13.0. The van der Waals surface area contributed by atoms with Crippen LogP contribution in [0.25, 0.3) is 0 Å². The van der Waals surface area contributed by atoms with Gasteiger partial charge in [-0.3, -0.25) is 4.57 Å². The predicted molar refractivity (Wildman–Crippen MR) is 130 cm³/mol. The number of carbonyl (C=O) groups excluding carboxylic acids is 1. The molecule has 0 saturated heterocycles. The molecule has 0 aliphatic heterocycles. The Labute approximate surface area is 216 Å². The number of hydrogen-bond acceptors (Lipinski definition) is 6. The number of halogens is 3. The van der Waals surface area contributed by atoms with Crippen molar-refractivity contribution >= 4 is 11.9 Å². The van der Waals surface area contributed by atoms with E-state index in [0.29, 0.717) is 18.5 Å². The molecule has 2 aromatic carbocycles. The third kappa shape index (κ3) is 6.61. The van der Waals surface area contributed by atoms with Crippen LogP contribution in [0, 0.1) is 0 Å². The van der Waals surface area contributed by atoms with Crippen LogP contribution in [0.5, 0.6) is 5.75 Å². The number of carboxylic acids is 1. The van der Waals surface area contributed by atoms with E-state index in [1.54, 1.807) is 6.92 Å². The van der Waals surface area contributed by atoms with Gasteiger partial charge in [-0.05, 0) is 69.2 Å². The van der Waals surface area contributed by atoms with Crippen molar-refractivity contribution in [1.29, 1.82) is 0 Å². The Morgan fingerprint density at radius 1 is 1.05 bits per heavy atom. The van der Waals surface area contributed by atoms with Crippen molar-refractivity contribution in [1.82, 2.24) is 14.3 Å². The molecule has 1 aromatic heterocycles. The van der Waals surface area contributed by atoms with Crippen LogP contribution in [0.3, 0.4) is 0 Å². The van der Waals surface area contributed by atoms with Crippen molar-refractivity contribution in [3.05, 3.63) is 81.5 Å². The van der Waals surface area contributed by atoms with E-state index in [4.69, 9.17) is 9.47 Å². The van der Waals surface area contributed by atoms with Crippen LogP contribution in [0.2, 0.25) is 0 Å². The molecule has 38 heavy (non-hydrogen) atoms. The van der Waals surface area contributed by atoms with Crippen molar-refractivity contribution in [3.63, 3.8) is 0 Å². The normalized spacial score (nSPS) is 12.7. The topological polar surface area (TPSA) is 113 Å². The van der Waals surface area contributed by atoms with Gasteiger partial charge in [0.15, 0.2) is 17.5 Å². The molecule has 3 rings (SSSR count). The third-order valence-electron chi connectivity index (χ3n) is 5.64. The van der Waals surface area contributed by atoms with Crippen LogP contribution in [0.4, 0.5) is 13.2 Å². The van der Waals surface area contributed by atoms with Crippen molar-refractivity contribution in [3.8, 4) is 5.75 Å². The third-order valence-corrected chi connectivity index (χ3v) is 5.64. The van der Waals surface area contributed by atoms with E-state index < -0.39 is 41.1 Å². The molecule has 1 heterocycles. The first-order valence-corrected chi connectivity index (χ1v) is 11.8. The van der Waals surface area contributed by atoms with Crippen LogP contribution in [0.15, 0.2) is 53.3 Å². The minimum absolute atomic E-state index is 0.0600. The smallest absolute Gasteiger partial charge is 0.416 e. The molecule has 0 amide bonds. The van der Waals surface area contributed by atoms with Gasteiger partial charge in [0.25, 0.3) is 0 Å². The number of nitrogens with zero attached hydrogens (tertiary/aromatic N) is 3. The number of ether oxygens (including phenoxy) is 2. The molecular weight excluding hydrogens is 507 g/mol. The van der Waals surface area contributed by atoms with Gasteiger partial charge in [0.1, 0.15) is 5.75 Å². The summed E-state index contributed by atoms with van der Waals surface area (Å²) in [5.41, 5.74) is -2.11. The highest BCUT2D eigenvalue weighted by Crippen LogP contribution is 2.29. The summed E-state index contributed by atoms with van der Waals surface area (Å²) >= 11 is 0. The van der Waals surface area contributed by atoms with Gasteiger partial charge in [-0.1, -0.05) is 19.1 Å². The van der Waals surface area contributed by atoms with Gasteiger partial charge in [-0.15, -0.1) is 0 Å². The van der Waals surface area contributed by atoms with Crippen molar-refractivity contribution in [2.45, 2.75) is 65.1 Å². The lowest BCUT2D eigenvalue weighted by Crippen LogP contribution is -2.37. The highest BCUT2D eigenvalue weighted by atomic mass is 19.4. The number of carbonyl (C=O) groups is 2. The van der Waals surface area contributed by atoms with E-state index in [-0.39, 0.29) is 23.7 Å². The molecule has 3 aromatic rings. The van der Waals surface area contributed by atoms with Crippen LogP contribution in [-0.2, 0) is 28.8 Å². The summed E-state index contributed by atoms with van der Waals surface area (Å²) in [5.74, 6) is -1.40. The lowest BCUT2D eigenvalue weighted by Gasteiger charge is -2.21. The van der Waals surface area contributed by atoms with E-state index in [1.165, 1.54) is 54.8 Å². The Balaban J connectivity index is 1.77. The van der Waals surface area contributed by atoms with Gasteiger partial charge >= 0.3 is 23.8 Å². The molecule has 0 unspecified atom stereocenters. The highest BCUT2D eigenvalue weighted by molar-refractivity contribution is 5.89. The Hall–Kier alpha value is -4.09. The average molecular weight is 536 g/mol. The zero-order chi connectivity index (χ0) is 28.3. The molecule has 0 radical (unpaired) electrons. The minimum atomic E-state index is -4.47. The van der Waals surface area contributed by atoms with E-state index >= 15 is 0 Å². The Morgan fingerprint density at radius 3 is 2.18 bits per heavy atom. The SMILES string of the molecule is CCCn1c([C@@H](C)OC(=O)c2ccc(OC(C)(C)C(=O)O)cc2)nn(Cc2ccc(C(F)(F)F)cc2)c1=O. The molecule has 1 N–H and O–H groups in total. The summed E-state index contributed by atoms with van der Waals surface area (Å²) in [6.45, 7) is 6.44. The molecule has 0 fully saturated rings. The number of esters is 1. The molecule has 0 saturated carbocycles. The number of carboxylic acid groups (broad SMARTS) is 1. The van der Waals surface area contributed by atoms with Crippen molar-refractivity contribution < 1.29 is 37.3 Å². The van der Waals surface area contributed by atoms with Crippen molar-refractivity contribution in [2.75, 3.05) is 0 Å². The summed E-state index contributed by atoms with van der Waals surface area (Å²) in [6.07, 6.45) is -4.79. The first kappa shape index (κ1) is 28.5. The Kier molecular flexibility index (Phi) is 8.33. The molecule has 0 bridgehead atoms. The van der Waals surface area contributed by atoms with Gasteiger partial charge in [0, 0.05) is 6.54 Å².